The highest BCUT2D eigenvalue weighted by Gasteiger charge is 2.16. The van der Waals surface area contributed by atoms with E-state index < -0.39 is 6.04 Å². The number of nitrogens with zero attached hydrogens (tertiary/aromatic N) is 1. The molecule has 0 aromatic heterocycles. The van der Waals surface area contributed by atoms with Gasteiger partial charge in [-0.15, -0.1) is 0 Å². The lowest BCUT2D eigenvalue weighted by atomic mass is 10.1. The fraction of sp³-hybridized carbons (Fsp3) is 0.562. The van der Waals surface area contributed by atoms with E-state index in [0.29, 0.717) is 18.6 Å². The predicted molar refractivity (Wildman–Crippen MR) is 83.4 cm³/mol. The van der Waals surface area contributed by atoms with Gasteiger partial charge in [-0.05, 0) is 33.3 Å². The summed E-state index contributed by atoms with van der Waals surface area (Å²) >= 11 is 0. The van der Waals surface area contributed by atoms with Crippen LogP contribution in [0.15, 0.2) is 30.3 Å². The van der Waals surface area contributed by atoms with Crippen LogP contribution >= 0.6 is 0 Å². The van der Waals surface area contributed by atoms with Gasteiger partial charge in [0.25, 0.3) is 0 Å². The second-order valence-electron chi connectivity index (χ2n) is 5.60. The highest BCUT2D eigenvalue weighted by atomic mass is 16.2. The SMILES string of the molecule is CC(C)N(CCNC(=O)[C@H](N)c1ccccc1)C(C)C. The molecule has 1 rings (SSSR count). The molecule has 0 unspecified atom stereocenters. The molecule has 0 saturated carbocycles. The number of hydrogen-bond acceptors (Lipinski definition) is 3. The van der Waals surface area contributed by atoms with Crippen LogP contribution in [0.25, 0.3) is 0 Å². The van der Waals surface area contributed by atoms with Crippen LogP contribution in [0.3, 0.4) is 0 Å². The summed E-state index contributed by atoms with van der Waals surface area (Å²) in [4.78, 5) is 14.4. The Kier molecular flexibility index (Phi) is 6.68. The lowest BCUT2D eigenvalue weighted by Gasteiger charge is -2.30. The maximum Gasteiger partial charge on any atom is 0.241 e. The number of carbonyl (C=O) groups is 1. The second kappa shape index (κ2) is 8.02. The van der Waals surface area contributed by atoms with Crippen LogP contribution in [0.4, 0.5) is 0 Å². The molecule has 0 bridgehead atoms. The van der Waals surface area contributed by atoms with Crippen molar-refractivity contribution in [3.05, 3.63) is 35.9 Å². The molecule has 4 nitrogen and oxygen atoms in total. The maximum absolute atomic E-state index is 12.0. The molecule has 0 spiro atoms. The summed E-state index contributed by atoms with van der Waals surface area (Å²) in [5.41, 5.74) is 6.79. The molecular weight excluding hydrogens is 250 g/mol. The van der Waals surface area contributed by atoms with Gasteiger partial charge >= 0.3 is 0 Å². The third-order valence-corrected chi connectivity index (χ3v) is 3.44. The molecule has 1 atom stereocenters. The smallest absolute Gasteiger partial charge is 0.241 e. The third-order valence-electron chi connectivity index (χ3n) is 3.44. The van der Waals surface area contributed by atoms with E-state index in [1.807, 2.05) is 30.3 Å². The van der Waals surface area contributed by atoms with E-state index in [0.717, 1.165) is 12.1 Å². The summed E-state index contributed by atoms with van der Waals surface area (Å²) in [6.07, 6.45) is 0. The van der Waals surface area contributed by atoms with Crippen LogP contribution in [0, 0.1) is 0 Å². The molecule has 112 valence electrons. The summed E-state index contributed by atoms with van der Waals surface area (Å²) in [6, 6.07) is 9.78. The van der Waals surface area contributed by atoms with Gasteiger partial charge in [-0.25, -0.2) is 0 Å². The molecule has 0 fully saturated rings. The van der Waals surface area contributed by atoms with Gasteiger partial charge in [-0.3, -0.25) is 9.69 Å². The fourth-order valence-electron chi connectivity index (χ4n) is 2.34. The molecule has 1 aromatic rings. The first-order valence-corrected chi connectivity index (χ1v) is 7.27. The van der Waals surface area contributed by atoms with Crippen molar-refractivity contribution >= 4 is 5.91 Å². The first kappa shape index (κ1) is 16.7. The highest BCUT2D eigenvalue weighted by Crippen LogP contribution is 2.09. The minimum Gasteiger partial charge on any atom is -0.353 e. The Morgan fingerprint density at radius 2 is 1.70 bits per heavy atom. The Balaban J connectivity index is 2.44. The number of amides is 1. The zero-order chi connectivity index (χ0) is 15.1. The van der Waals surface area contributed by atoms with Crippen molar-refractivity contribution in [2.24, 2.45) is 5.73 Å². The van der Waals surface area contributed by atoms with Gasteiger partial charge in [0.15, 0.2) is 0 Å². The molecular formula is C16H27N3O. The molecule has 0 aliphatic rings. The van der Waals surface area contributed by atoms with Crippen LogP contribution < -0.4 is 11.1 Å². The zero-order valence-corrected chi connectivity index (χ0v) is 13.0. The molecule has 0 heterocycles. The zero-order valence-electron chi connectivity index (χ0n) is 13.0. The quantitative estimate of drug-likeness (QED) is 0.800. The topological polar surface area (TPSA) is 58.4 Å². The molecule has 1 aromatic carbocycles. The van der Waals surface area contributed by atoms with Gasteiger partial charge in [0, 0.05) is 25.2 Å². The molecule has 0 aliphatic carbocycles. The van der Waals surface area contributed by atoms with E-state index in [1.54, 1.807) is 0 Å². The van der Waals surface area contributed by atoms with Gasteiger partial charge < -0.3 is 11.1 Å². The average molecular weight is 277 g/mol. The summed E-state index contributed by atoms with van der Waals surface area (Å²) in [5, 5.41) is 2.92. The maximum atomic E-state index is 12.0. The standard InChI is InChI=1S/C16H27N3O/c1-12(2)19(13(3)4)11-10-18-16(20)15(17)14-8-6-5-7-9-14/h5-9,12-13,15H,10-11,17H2,1-4H3,(H,18,20)/t15-/m1/s1. The van der Waals surface area contributed by atoms with Gasteiger partial charge in [0.2, 0.25) is 5.91 Å². The van der Waals surface area contributed by atoms with Crippen molar-refractivity contribution in [3.63, 3.8) is 0 Å². The Morgan fingerprint density at radius 1 is 1.15 bits per heavy atom. The average Bonchev–Trinajstić information content (AvgIpc) is 2.42. The van der Waals surface area contributed by atoms with E-state index >= 15 is 0 Å². The first-order valence-electron chi connectivity index (χ1n) is 7.27. The first-order chi connectivity index (χ1) is 9.43. The van der Waals surface area contributed by atoms with Crippen molar-refractivity contribution in [2.45, 2.75) is 45.8 Å². The summed E-state index contributed by atoms with van der Waals surface area (Å²) in [7, 11) is 0. The summed E-state index contributed by atoms with van der Waals surface area (Å²) in [5.74, 6) is -0.122. The molecule has 4 heteroatoms. The predicted octanol–water partition coefficient (Wildman–Crippen LogP) is 1.92. The Morgan fingerprint density at radius 3 is 2.20 bits per heavy atom. The van der Waals surface area contributed by atoms with Crippen molar-refractivity contribution in [3.8, 4) is 0 Å². The summed E-state index contributed by atoms with van der Waals surface area (Å²) < 4.78 is 0. The van der Waals surface area contributed by atoms with Crippen molar-refractivity contribution < 1.29 is 4.79 Å². The number of rotatable bonds is 7. The van der Waals surface area contributed by atoms with Crippen molar-refractivity contribution in [1.29, 1.82) is 0 Å². The van der Waals surface area contributed by atoms with E-state index in [1.165, 1.54) is 0 Å². The molecule has 0 saturated heterocycles. The molecule has 1 amide bonds. The van der Waals surface area contributed by atoms with Crippen molar-refractivity contribution in [1.82, 2.24) is 10.2 Å². The van der Waals surface area contributed by atoms with E-state index in [-0.39, 0.29) is 5.91 Å². The Bertz CT molecular complexity index is 395. The van der Waals surface area contributed by atoms with E-state index in [9.17, 15) is 4.79 Å². The molecule has 0 aliphatic heterocycles. The van der Waals surface area contributed by atoms with Crippen LogP contribution in [0.2, 0.25) is 0 Å². The lowest BCUT2D eigenvalue weighted by Crippen LogP contribution is -2.44. The third kappa shape index (κ3) is 4.94. The number of benzene rings is 1. The largest absolute Gasteiger partial charge is 0.353 e. The van der Waals surface area contributed by atoms with Gasteiger partial charge in [-0.1, -0.05) is 30.3 Å². The molecule has 3 N–H and O–H groups in total. The number of hydrogen-bond donors (Lipinski definition) is 2. The van der Waals surface area contributed by atoms with E-state index in [4.69, 9.17) is 5.73 Å². The van der Waals surface area contributed by atoms with Crippen LogP contribution in [0.1, 0.15) is 39.3 Å². The Labute approximate surface area is 122 Å². The molecule has 0 radical (unpaired) electrons. The monoisotopic (exact) mass is 277 g/mol. The van der Waals surface area contributed by atoms with Gasteiger partial charge in [0.1, 0.15) is 6.04 Å². The van der Waals surface area contributed by atoms with Crippen molar-refractivity contribution in [2.75, 3.05) is 13.1 Å². The van der Waals surface area contributed by atoms with Gasteiger partial charge in [-0.2, -0.15) is 0 Å². The minimum atomic E-state index is -0.595. The van der Waals surface area contributed by atoms with Crippen LogP contribution in [-0.4, -0.2) is 36.0 Å². The van der Waals surface area contributed by atoms with Crippen LogP contribution in [0.5, 0.6) is 0 Å². The van der Waals surface area contributed by atoms with E-state index in [2.05, 4.69) is 37.9 Å². The number of nitrogens with one attached hydrogen (secondary N) is 1. The highest BCUT2D eigenvalue weighted by molar-refractivity contribution is 5.82. The Hall–Kier alpha value is -1.39. The normalized spacial score (nSPS) is 13.0. The van der Waals surface area contributed by atoms with Crippen LogP contribution in [-0.2, 0) is 4.79 Å². The molecule has 20 heavy (non-hydrogen) atoms. The number of nitrogens with two attached hydrogens (primary N) is 1. The minimum absolute atomic E-state index is 0.122. The second-order valence-corrected chi connectivity index (χ2v) is 5.60. The van der Waals surface area contributed by atoms with Gasteiger partial charge in [0.05, 0.1) is 0 Å². The summed E-state index contributed by atoms with van der Waals surface area (Å²) in [6.45, 7) is 10.1. The lowest BCUT2D eigenvalue weighted by molar-refractivity contribution is -0.122. The fourth-order valence-corrected chi connectivity index (χ4v) is 2.34. The number of carbonyl (C=O) groups excluding carboxylic acids is 1.